The zero-order valence-corrected chi connectivity index (χ0v) is 10.3. The Kier molecular flexibility index (Phi) is 11.6. The van der Waals surface area contributed by atoms with Gasteiger partial charge >= 0.3 is 5.97 Å². The van der Waals surface area contributed by atoms with Crippen LogP contribution in [0.1, 0.15) is 51.9 Å². The first kappa shape index (κ1) is 15.2. The number of carbonyl (C=O) groups excluding carboxylic acids is 1. The zero-order valence-electron chi connectivity index (χ0n) is 10.3. The highest BCUT2D eigenvalue weighted by atomic mass is 16.5. The van der Waals surface area contributed by atoms with E-state index in [1.54, 1.807) is 13.0 Å². The molecule has 1 N–H and O–H groups in total. The molecule has 0 saturated heterocycles. The highest BCUT2D eigenvalue weighted by Gasteiger charge is 1.95. The van der Waals surface area contributed by atoms with E-state index >= 15 is 0 Å². The van der Waals surface area contributed by atoms with E-state index in [9.17, 15) is 4.79 Å². The Hall–Kier alpha value is -0.830. The molecule has 3 nitrogen and oxygen atoms in total. The second-order valence-electron chi connectivity index (χ2n) is 3.87. The third-order valence-electron chi connectivity index (χ3n) is 2.35. The summed E-state index contributed by atoms with van der Waals surface area (Å²) in [6.45, 7) is 2.63. The molecule has 0 rings (SSSR count). The molecule has 3 heteroatoms. The summed E-state index contributed by atoms with van der Waals surface area (Å²) in [4.78, 5) is 10.9. The van der Waals surface area contributed by atoms with Crippen molar-refractivity contribution in [1.29, 1.82) is 0 Å². The third-order valence-corrected chi connectivity index (χ3v) is 2.35. The van der Waals surface area contributed by atoms with Crippen molar-refractivity contribution in [3.8, 4) is 0 Å². The van der Waals surface area contributed by atoms with E-state index in [-0.39, 0.29) is 5.97 Å². The van der Waals surface area contributed by atoms with Gasteiger partial charge in [-0.25, -0.2) is 4.79 Å². The first-order valence-electron chi connectivity index (χ1n) is 6.21. The van der Waals surface area contributed by atoms with Crippen LogP contribution in [0.2, 0.25) is 0 Å². The number of hydrogen-bond acceptors (Lipinski definition) is 3. The van der Waals surface area contributed by atoms with Crippen LogP contribution in [0, 0.1) is 0 Å². The molecular weight excluding hydrogens is 204 g/mol. The molecule has 94 valence electrons. The number of aliphatic hydroxyl groups excluding tert-OH is 1. The molecule has 0 fully saturated rings. The SMILES string of the molecule is CC=CC(=O)OCCCCCCCCCO. The molecule has 0 spiro atoms. The van der Waals surface area contributed by atoms with Gasteiger partial charge in [0.1, 0.15) is 0 Å². The van der Waals surface area contributed by atoms with Gasteiger partial charge in [0.15, 0.2) is 0 Å². The van der Waals surface area contributed by atoms with Gasteiger partial charge in [-0.15, -0.1) is 0 Å². The molecule has 0 aromatic rings. The molecule has 0 atom stereocenters. The van der Waals surface area contributed by atoms with Crippen LogP contribution in [0.3, 0.4) is 0 Å². The van der Waals surface area contributed by atoms with Crippen molar-refractivity contribution in [1.82, 2.24) is 0 Å². The van der Waals surface area contributed by atoms with Crippen LogP contribution < -0.4 is 0 Å². The first-order chi connectivity index (χ1) is 7.81. The van der Waals surface area contributed by atoms with Crippen molar-refractivity contribution in [3.63, 3.8) is 0 Å². The fourth-order valence-electron chi connectivity index (χ4n) is 1.45. The smallest absolute Gasteiger partial charge is 0.330 e. The second kappa shape index (κ2) is 12.2. The molecule has 0 saturated carbocycles. The average Bonchev–Trinajstić information content (AvgIpc) is 2.27. The summed E-state index contributed by atoms with van der Waals surface area (Å²) in [5.41, 5.74) is 0. The van der Waals surface area contributed by atoms with Crippen LogP contribution >= 0.6 is 0 Å². The highest BCUT2D eigenvalue weighted by molar-refractivity contribution is 5.81. The maximum Gasteiger partial charge on any atom is 0.330 e. The second-order valence-corrected chi connectivity index (χ2v) is 3.87. The van der Waals surface area contributed by atoms with E-state index in [1.165, 1.54) is 25.3 Å². The van der Waals surface area contributed by atoms with Crippen molar-refractivity contribution >= 4 is 5.97 Å². The molecular formula is C13H24O3. The van der Waals surface area contributed by atoms with Gasteiger partial charge in [0.05, 0.1) is 6.61 Å². The van der Waals surface area contributed by atoms with Crippen LogP contribution in [0.4, 0.5) is 0 Å². The van der Waals surface area contributed by atoms with E-state index in [2.05, 4.69) is 0 Å². The molecule has 16 heavy (non-hydrogen) atoms. The molecule has 0 aromatic carbocycles. The quantitative estimate of drug-likeness (QED) is 0.355. The summed E-state index contributed by atoms with van der Waals surface area (Å²) in [5.74, 6) is -0.245. The van der Waals surface area contributed by atoms with E-state index in [4.69, 9.17) is 9.84 Å². The van der Waals surface area contributed by atoms with Crippen molar-refractivity contribution < 1.29 is 14.6 Å². The number of allylic oxidation sites excluding steroid dienone is 1. The van der Waals surface area contributed by atoms with Gasteiger partial charge in [-0.1, -0.05) is 38.2 Å². The standard InChI is InChI=1S/C13H24O3/c1-2-10-13(15)16-12-9-7-5-3-4-6-8-11-14/h2,10,14H,3-9,11-12H2,1H3. The van der Waals surface area contributed by atoms with Gasteiger partial charge in [-0.05, 0) is 19.8 Å². The predicted octanol–water partition coefficient (Wildman–Crippen LogP) is 2.83. The highest BCUT2D eigenvalue weighted by Crippen LogP contribution is 2.06. The minimum absolute atomic E-state index is 0.245. The maximum atomic E-state index is 10.9. The number of carbonyl (C=O) groups is 1. The Morgan fingerprint density at radius 1 is 1.06 bits per heavy atom. The Labute approximate surface area is 98.5 Å². The molecule has 0 unspecified atom stereocenters. The molecule has 0 aliphatic heterocycles. The van der Waals surface area contributed by atoms with Crippen molar-refractivity contribution in [2.75, 3.05) is 13.2 Å². The number of aliphatic hydroxyl groups is 1. The normalized spacial score (nSPS) is 10.9. The largest absolute Gasteiger partial charge is 0.463 e. The van der Waals surface area contributed by atoms with Crippen molar-refractivity contribution in [2.24, 2.45) is 0 Å². The van der Waals surface area contributed by atoms with Crippen LogP contribution in [0.15, 0.2) is 12.2 Å². The number of hydrogen-bond donors (Lipinski definition) is 1. The number of unbranched alkanes of at least 4 members (excludes halogenated alkanes) is 6. The van der Waals surface area contributed by atoms with Gasteiger partial charge in [0, 0.05) is 12.7 Å². The summed E-state index contributed by atoms with van der Waals surface area (Å²) in [7, 11) is 0. The molecule has 0 aromatic heterocycles. The van der Waals surface area contributed by atoms with E-state index < -0.39 is 0 Å². The van der Waals surface area contributed by atoms with E-state index in [0.29, 0.717) is 13.2 Å². The van der Waals surface area contributed by atoms with Gasteiger partial charge in [-0.2, -0.15) is 0 Å². The lowest BCUT2D eigenvalue weighted by molar-refractivity contribution is -0.137. The number of rotatable bonds is 10. The van der Waals surface area contributed by atoms with E-state index in [1.807, 2.05) is 0 Å². The van der Waals surface area contributed by atoms with Crippen molar-refractivity contribution in [2.45, 2.75) is 51.9 Å². The van der Waals surface area contributed by atoms with Crippen molar-refractivity contribution in [3.05, 3.63) is 12.2 Å². The lowest BCUT2D eigenvalue weighted by Gasteiger charge is -2.02. The summed E-state index contributed by atoms with van der Waals surface area (Å²) >= 11 is 0. The lowest BCUT2D eigenvalue weighted by atomic mass is 10.1. The number of esters is 1. The van der Waals surface area contributed by atoms with Gasteiger partial charge in [0.2, 0.25) is 0 Å². The maximum absolute atomic E-state index is 10.9. The molecule has 0 radical (unpaired) electrons. The molecule has 0 amide bonds. The van der Waals surface area contributed by atoms with Gasteiger partial charge < -0.3 is 9.84 Å². The Morgan fingerprint density at radius 3 is 2.19 bits per heavy atom. The fraction of sp³-hybridized carbons (Fsp3) is 0.769. The predicted molar refractivity (Wildman–Crippen MR) is 65.2 cm³/mol. The third kappa shape index (κ3) is 11.2. The van der Waals surface area contributed by atoms with Crippen LogP contribution in [0.5, 0.6) is 0 Å². The Balaban J connectivity index is 3.07. The van der Waals surface area contributed by atoms with Gasteiger partial charge in [0.25, 0.3) is 0 Å². The molecule has 0 aliphatic carbocycles. The van der Waals surface area contributed by atoms with E-state index in [0.717, 1.165) is 25.7 Å². The Morgan fingerprint density at radius 2 is 1.62 bits per heavy atom. The summed E-state index contributed by atoms with van der Waals surface area (Å²) in [6.07, 6.45) is 10.8. The first-order valence-corrected chi connectivity index (χ1v) is 6.21. The zero-order chi connectivity index (χ0) is 12.1. The summed E-state index contributed by atoms with van der Waals surface area (Å²) in [5, 5.41) is 8.58. The lowest BCUT2D eigenvalue weighted by Crippen LogP contribution is -2.01. The van der Waals surface area contributed by atoms with Crippen LogP contribution in [-0.4, -0.2) is 24.3 Å². The average molecular weight is 228 g/mol. The van der Waals surface area contributed by atoms with Gasteiger partial charge in [-0.3, -0.25) is 0 Å². The fourth-order valence-corrected chi connectivity index (χ4v) is 1.45. The minimum atomic E-state index is -0.245. The van der Waals surface area contributed by atoms with Crippen LogP contribution in [0.25, 0.3) is 0 Å². The molecule has 0 aliphatic rings. The minimum Gasteiger partial charge on any atom is -0.463 e. The summed E-state index contributed by atoms with van der Waals surface area (Å²) < 4.78 is 4.97. The molecule has 0 heterocycles. The number of ether oxygens (including phenoxy) is 1. The Bertz CT molecular complexity index is 188. The molecule has 0 bridgehead atoms. The topological polar surface area (TPSA) is 46.5 Å². The summed E-state index contributed by atoms with van der Waals surface area (Å²) in [6, 6.07) is 0. The van der Waals surface area contributed by atoms with Crippen LogP contribution in [-0.2, 0) is 9.53 Å². The monoisotopic (exact) mass is 228 g/mol.